The lowest BCUT2D eigenvalue weighted by Gasteiger charge is -2.26. The average Bonchev–Trinajstić information content (AvgIpc) is 2.54. The molecule has 1 aliphatic heterocycles. The van der Waals surface area contributed by atoms with Crippen LogP contribution in [-0.2, 0) is 14.8 Å². The van der Waals surface area contributed by atoms with E-state index in [1.807, 2.05) is 13.8 Å². The molecule has 0 spiro atoms. The highest BCUT2D eigenvalue weighted by Crippen LogP contribution is 2.31. The number of hydrogen-bond donors (Lipinski definition) is 0. The van der Waals surface area contributed by atoms with E-state index < -0.39 is 14.9 Å². The van der Waals surface area contributed by atoms with E-state index in [1.54, 1.807) is 11.9 Å². The summed E-state index contributed by atoms with van der Waals surface area (Å²) in [7, 11) is -1.99. The first-order chi connectivity index (χ1) is 11.2. The number of benzene rings is 1. The van der Waals surface area contributed by atoms with Gasteiger partial charge in [-0.25, -0.2) is 8.42 Å². The van der Waals surface area contributed by atoms with Gasteiger partial charge in [0.15, 0.2) is 0 Å². The van der Waals surface area contributed by atoms with Crippen molar-refractivity contribution in [2.24, 2.45) is 5.92 Å². The quantitative estimate of drug-likeness (QED) is 0.568. The minimum Gasteiger partial charge on any atom is -0.379 e. The number of ether oxygens (including phenoxy) is 1. The molecule has 1 heterocycles. The summed E-state index contributed by atoms with van der Waals surface area (Å²) in [4.78, 5) is 12.6. The first kappa shape index (κ1) is 18.6. The van der Waals surface area contributed by atoms with Gasteiger partial charge >= 0.3 is 0 Å². The zero-order chi connectivity index (χ0) is 17.9. The number of nitro benzene ring substituents is 1. The van der Waals surface area contributed by atoms with Gasteiger partial charge in [-0.1, -0.05) is 13.8 Å². The Morgan fingerprint density at radius 2 is 1.96 bits per heavy atom. The van der Waals surface area contributed by atoms with Crippen molar-refractivity contribution in [2.75, 3.05) is 44.8 Å². The molecule has 0 N–H and O–H groups in total. The number of sulfonamides is 1. The van der Waals surface area contributed by atoms with E-state index in [0.29, 0.717) is 31.4 Å². The molecule has 0 atom stereocenters. The van der Waals surface area contributed by atoms with Gasteiger partial charge in [0, 0.05) is 32.7 Å². The minimum atomic E-state index is -3.75. The van der Waals surface area contributed by atoms with Crippen LogP contribution >= 0.6 is 0 Å². The van der Waals surface area contributed by atoms with Crippen molar-refractivity contribution in [3.05, 3.63) is 28.3 Å². The molecule has 1 aromatic carbocycles. The van der Waals surface area contributed by atoms with E-state index in [1.165, 1.54) is 16.4 Å². The van der Waals surface area contributed by atoms with Crippen LogP contribution in [-0.4, -0.2) is 57.5 Å². The predicted octanol–water partition coefficient (Wildman–Crippen LogP) is 1.71. The molecule has 1 fully saturated rings. The minimum absolute atomic E-state index is 0.0576. The van der Waals surface area contributed by atoms with Gasteiger partial charge in [0.05, 0.1) is 23.0 Å². The molecule has 0 aromatic heterocycles. The molecule has 0 unspecified atom stereocenters. The highest BCUT2D eigenvalue weighted by atomic mass is 32.2. The molecule has 1 saturated heterocycles. The maximum atomic E-state index is 12.7. The van der Waals surface area contributed by atoms with Crippen LogP contribution in [0.4, 0.5) is 11.4 Å². The molecule has 0 saturated carbocycles. The van der Waals surface area contributed by atoms with Crippen LogP contribution in [0.25, 0.3) is 0 Å². The van der Waals surface area contributed by atoms with Crippen molar-refractivity contribution in [2.45, 2.75) is 18.7 Å². The Kier molecular flexibility index (Phi) is 5.79. The first-order valence-electron chi connectivity index (χ1n) is 7.81. The number of anilines is 1. The monoisotopic (exact) mass is 357 g/mol. The van der Waals surface area contributed by atoms with Crippen molar-refractivity contribution in [3.63, 3.8) is 0 Å². The molecular weight excluding hydrogens is 334 g/mol. The molecule has 9 heteroatoms. The Labute approximate surface area is 142 Å². The van der Waals surface area contributed by atoms with E-state index in [2.05, 4.69) is 0 Å². The molecule has 0 aliphatic carbocycles. The lowest BCUT2D eigenvalue weighted by Crippen LogP contribution is -2.40. The van der Waals surface area contributed by atoms with Gasteiger partial charge in [0.25, 0.3) is 5.69 Å². The lowest BCUT2D eigenvalue weighted by atomic mass is 10.2. The summed E-state index contributed by atoms with van der Waals surface area (Å²) in [5.41, 5.74) is 0.210. The van der Waals surface area contributed by atoms with Gasteiger partial charge in [-0.05, 0) is 18.1 Å². The fourth-order valence-corrected chi connectivity index (χ4v) is 4.14. The van der Waals surface area contributed by atoms with Crippen LogP contribution in [0, 0.1) is 16.0 Å². The summed E-state index contributed by atoms with van der Waals surface area (Å²) < 4.78 is 31.8. The van der Waals surface area contributed by atoms with Crippen LogP contribution < -0.4 is 4.90 Å². The molecule has 0 amide bonds. The molecule has 8 nitrogen and oxygen atoms in total. The molecule has 0 bridgehead atoms. The van der Waals surface area contributed by atoms with Gasteiger partial charge in [0.1, 0.15) is 5.69 Å². The third kappa shape index (κ3) is 4.03. The number of morpholine rings is 1. The fourth-order valence-electron chi connectivity index (χ4n) is 2.71. The molecule has 24 heavy (non-hydrogen) atoms. The molecular formula is C15H23N3O5S. The van der Waals surface area contributed by atoms with Gasteiger partial charge in [-0.2, -0.15) is 4.31 Å². The van der Waals surface area contributed by atoms with E-state index in [4.69, 9.17) is 4.74 Å². The van der Waals surface area contributed by atoms with E-state index in [0.717, 1.165) is 6.07 Å². The molecule has 1 aromatic rings. The summed E-state index contributed by atoms with van der Waals surface area (Å²) in [6, 6.07) is 4.09. The third-order valence-corrected chi connectivity index (χ3v) is 5.70. The standard InChI is InChI=1S/C15H23N3O5S/c1-12(2)11-16(3)14-5-4-13(10-15(14)18(19)20)24(21,22)17-6-8-23-9-7-17/h4-5,10,12H,6-9,11H2,1-3H3. The lowest BCUT2D eigenvalue weighted by molar-refractivity contribution is -0.384. The summed E-state index contributed by atoms with van der Waals surface area (Å²) >= 11 is 0. The number of nitrogens with zero attached hydrogens (tertiary/aromatic N) is 3. The second-order valence-corrected chi connectivity index (χ2v) is 8.14. The van der Waals surface area contributed by atoms with Crippen molar-refractivity contribution in [1.82, 2.24) is 4.31 Å². The van der Waals surface area contributed by atoms with Gasteiger partial charge < -0.3 is 9.64 Å². The van der Waals surface area contributed by atoms with Crippen molar-refractivity contribution in [1.29, 1.82) is 0 Å². The second kappa shape index (κ2) is 7.45. The predicted molar refractivity (Wildman–Crippen MR) is 90.8 cm³/mol. The highest BCUT2D eigenvalue weighted by molar-refractivity contribution is 7.89. The Balaban J connectivity index is 2.39. The van der Waals surface area contributed by atoms with Crippen LogP contribution in [0.15, 0.2) is 23.1 Å². The fraction of sp³-hybridized carbons (Fsp3) is 0.600. The van der Waals surface area contributed by atoms with Crippen LogP contribution in [0.1, 0.15) is 13.8 Å². The Hall–Kier alpha value is -1.71. The summed E-state index contributed by atoms with van der Waals surface area (Å²) in [6.07, 6.45) is 0. The van der Waals surface area contributed by atoms with Crippen molar-refractivity contribution >= 4 is 21.4 Å². The van der Waals surface area contributed by atoms with Gasteiger partial charge in [-0.3, -0.25) is 10.1 Å². The summed E-state index contributed by atoms with van der Waals surface area (Å²) in [5, 5.41) is 11.4. The van der Waals surface area contributed by atoms with Crippen LogP contribution in [0.3, 0.4) is 0 Å². The Morgan fingerprint density at radius 3 is 2.50 bits per heavy atom. The van der Waals surface area contributed by atoms with Crippen LogP contribution in [0.5, 0.6) is 0 Å². The van der Waals surface area contributed by atoms with Crippen molar-refractivity contribution < 1.29 is 18.1 Å². The number of rotatable bonds is 6. The Morgan fingerprint density at radius 1 is 1.33 bits per heavy atom. The number of nitro groups is 1. The van der Waals surface area contributed by atoms with Gasteiger partial charge in [-0.15, -0.1) is 0 Å². The summed E-state index contributed by atoms with van der Waals surface area (Å²) in [5.74, 6) is 0.325. The molecule has 2 rings (SSSR count). The highest BCUT2D eigenvalue weighted by Gasteiger charge is 2.29. The van der Waals surface area contributed by atoms with Crippen molar-refractivity contribution in [3.8, 4) is 0 Å². The molecule has 134 valence electrons. The summed E-state index contributed by atoms with van der Waals surface area (Å²) in [6.45, 7) is 5.83. The van der Waals surface area contributed by atoms with E-state index in [9.17, 15) is 18.5 Å². The topological polar surface area (TPSA) is 93.0 Å². The maximum Gasteiger partial charge on any atom is 0.293 e. The zero-order valence-corrected chi connectivity index (χ0v) is 15.0. The Bertz CT molecular complexity index is 699. The first-order valence-corrected chi connectivity index (χ1v) is 9.25. The second-order valence-electron chi connectivity index (χ2n) is 6.20. The van der Waals surface area contributed by atoms with E-state index >= 15 is 0 Å². The average molecular weight is 357 g/mol. The smallest absolute Gasteiger partial charge is 0.293 e. The molecule has 1 aliphatic rings. The maximum absolute atomic E-state index is 12.7. The van der Waals surface area contributed by atoms with E-state index in [-0.39, 0.29) is 23.7 Å². The number of hydrogen-bond acceptors (Lipinski definition) is 6. The largest absolute Gasteiger partial charge is 0.379 e. The SMILES string of the molecule is CC(C)CN(C)c1ccc(S(=O)(=O)N2CCOCC2)cc1[N+](=O)[O-]. The van der Waals surface area contributed by atoms with Gasteiger partial charge in [0.2, 0.25) is 10.0 Å². The molecule has 0 radical (unpaired) electrons. The normalized spacial score (nSPS) is 16.3. The van der Waals surface area contributed by atoms with Crippen LogP contribution in [0.2, 0.25) is 0 Å². The zero-order valence-electron chi connectivity index (χ0n) is 14.1. The third-order valence-electron chi connectivity index (χ3n) is 3.80.